The quantitative estimate of drug-likeness (QED) is 0.903. The van der Waals surface area contributed by atoms with Crippen LogP contribution in [0, 0.1) is 0 Å². The third-order valence-corrected chi connectivity index (χ3v) is 2.68. The van der Waals surface area contributed by atoms with E-state index in [0.29, 0.717) is 11.6 Å². The van der Waals surface area contributed by atoms with Gasteiger partial charge in [-0.3, -0.25) is 4.79 Å². The predicted molar refractivity (Wildman–Crippen MR) is 76.1 cm³/mol. The summed E-state index contributed by atoms with van der Waals surface area (Å²) in [6.07, 6.45) is 4.55. The highest BCUT2D eigenvalue weighted by atomic mass is 79.9. The molecule has 0 saturated heterocycles. The third-order valence-electron chi connectivity index (χ3n) is 2.21. The van der Waals surface area contributed by atoms with Crippen molar-refractivity contribution in [3.63, 3.8) is 0 Å². The highest BCUT2D eigenvalue weighted by Gasteiger charge is 2.08. The van der Waals surface area contributed by atoms with Crippen molar-refractivity contribution in [2.45, 2.75) is 6.92 Å². The fraction of sp³-hybridized carbons (Fsp3) is 0.167. The molecule has 2 heterocycles. The summed E-state index contributed by atoms with van der Waals surface area (Å²) in [4.78, 5) is 24.1. The zero-order valence-electron chi connectivity index (χ0n) is 10.2. The van der Waals surface area contributed by atoms with Gasteiger partial charge in [-0.05, 0) is 35.0 Å². The second-order valence-corrected chi connectivity index (χ2v) is 4.55. The van der Waals surface area contributed by atoms with Crippen molar-refractivity contribution < 1.29 is 4.79 Å². The van der Waals surface area contributed by atoms with Crippen LogP contribution in [-0.2, 0) is 0 Å². The molecule has 0 atom stereocenters. The van der Waals surface area contributed by atoms with Crippen LogP contribution in [0.1, 0.15) is 17.4 Å². The second kappa shape index (κ2) is 6.24. The van der Waals surface area contributed by atoms with Crippen LogP contribution in [0.4, 0.5) is 11.6 Å². The van der Waals surface area contributed by atoms with Crippen molar-refractivity contribution in [1.82, 2.24) is 15.0 Å². The molecule has 1 amide bonds. The van der Waals surface area contributed by atoms with Crippen LogP contribution >= 0.6 is 15.9 Å². The summed E-state index contributed by atoms with van der Waals surface area (Å²) >= 11 is 3.27. The van der Waals surface area contributed by atoms with Crippen molar-refractivity contribution in [2.75, 3.05) is 17.2 Å². The van der Waals surface area contributed by atoms with E-state index in [1.165, 1.54) is 12.4 Å². The van der Waals surface area contributed by atoms with E-state index in [-0.39, 0.29) is 11.6 Å². The number of halogens is 1. The molecule has 0 bridgehead atoms. The topological polar surface area (TPSA) is 79.8 Å². The van der Waals surface area contributed by atoms with Gasteiger partial charge in [-0.15, -0.1) is 0 Å². The van der Waals surface area contributed by atoms with E-state index < -0.39 is 0 Å². The molecule has 0 radical (unpaired) electrons. The number of nitrogens with one attached hydrogen (secondary N) is 2. The molecule has 0 aliphatic rings. The second-order valence-electron chi connectivity index (χ2n) is 3.63. The Labute approximate surface area is 118 Å². The fourth-order valence-corrected chi connectivity index (χ4v) is 1.58. The summed E-state index contributed by atoms with van der Waals surface area (Å²) in [7, 11) is 0. The molecule has 19 heavy (non-hydrogen) atoms. The summed E-state index contributed by atoms with van der Waals surface area (Å²) in [5.41, 5.74) is 0.242. The van der Waals surface area contributed by atoms with Gasteiger partial charge in [0.2, 0.25) is 0 Å². The van der Waals surface area contributed by atoms with Crippen molar-refractivity contribution in [3.8, 4) is 0 Å². The van der Waals surface area contributed by atoms with E-state index in [9.17, 15) is 4.79 Å². The van der Waals surface area contributed by atoms with Gasteiger partial charge in [0.25, 0.3) is 5.91 Å². The first kappa shape index (κ1) is 13.4. The van der Waals surface area contributed by atoms with Gasteiger partial charge < -0.3 is 10.6 Å². The number of aromatic nitrogens is 3. The molecule has 7 heteroatoms. The Balaban J connectivity index is 2.05. The monoisotopic (exact) mass is 321 g/mol. The number of hydrogen-bond donors (Lipinski definition) is 2. The summed E-state index contributed by atoms with van der Waals surface area (Å²) in [6.45, 7) is 2.71. The Bertz CT molecular complexity index is 555. The highest BCUT2D eigenvalue weighted by Crippen LogP contribution is 2.11. The predicted octanol–water partition coefficient (Wildman–Crippen LogP) is 2.32. The normalized spacial score (nSPS) is 10.0. The molecular weight excluding hydrogens is 310 g/mol. The number of pyridine rings is 1. The van der Waals surface area contributed by atoms with Gasteiger partial charge in [0.1, 0.15) is 17.3 Å². The van der Waals surface area contributed by atoms with E-state index in [2.05, 4.69) is 41.5 Å². The SMILES string of the molecule is CCNc1cnc(C(=O)Nc2ccc(Br)cn2)cn1. The first-order valence-corrected chi connectivity index (χ1v) is 6.47. The van der Waals surface area contributed by atoms with Crippen LogP contribution in [0.25, 0.3) is 0 Å². The van der Waals surface area contributed by atoms with Gasteiger partial charge >= 0.3 is 0 Å². The van der Waals surface area contributed by atoms with Gasteiger partial charge in [0.05, 0.1) is 12.4 Å². The van der Waals surface area contributed by atoms with Gasteiger partial charge in [-0.2, -0.15) is 0 Å². The molecule has 2 aromatic rings. The lowest BCUT2D eigenvalue weighted by molar-refractivity contribution is 0.102. The molecule has 0 aromatic carbocycles. The third kappa shape index (κ3) is 3.72. The van der Waals surface area contributed by atoms with Crippen molar-refractivity contribution in [3.05, 3.63) is 40.9 Å². The Hall–Kier alpha value is -2.02. The number of hydrogen-bond acceptors (Lipinski definition) is 5. The molecule has 2 aromatic heterocycles. The van der Waals surface area contributed by atoms with E-state index in [0.717, 1.165) is 11.0 Å². The summed E-state index contributed by atoms with van der Waals surface area (Å²) in [6, 6.07) is 3.49. The molecule has 2 N–H and O–H groups in total. The highest BCUT2D eigenvalue weighted by molar-refractivity contribution is 9.10. The zero-order valence-corrected chi connectivity index (χ0v) is 11.8. The molecule has 0 aliphatic heterocycles. The van der Waals surface area contributed by atoms with Crippen LogP contribution in [-0.4, -0.2) is 27.4 Å². The number of anilines is 2. The lowest BCUT2D eigenvalue weighted by Crippen LogP contribution is -2.15. The Morgan fingerprint density at radius 1 is 1.16 bits per heavy atom. The molecule has 0 unspecified atom stereocenters. The zero-order chi connectivity index (χ0) is 13.7. The molecule has 98 valence electrons. The Morgan fingerprint density at radius 2 is 1.95 bits per heavy atom. The lowest BCUT2D eigenvalue weighted by Gasteiger charge is -2.05. The molecule has 6 nitrogen and oxygen atoms in total. The number of carbonyl (C=O) groups excluding carboxylic acids is 1. The van der Waals surface area contributed by atoms with E-state index in [4.69, 9.17) is 0 Å². The Morgan fingerprint density at radius 3 is 2.53 bits per heavy atom. The maximum atomic E-state index is 11.9. The molecule has 0 spiro atoms. The van der Waals surface area contributed by atoms with Gasteiger partial charge in [-0.25, -0.2) is 15.0 Å². The van der Waals surface area contributed by atoms with E-state index in [1.807, 2.05) is 6.92 Å². The van der Waals surface area contributed by atoms with Crippen LogP contribution in [0.5, 0.6) is 0 Å². The van der Waals surface area contributed by atoms with Crippen LogP contribution in [0.15, 0.2) is 35.2 Å². The summed E-state index contributed by atoms with van der Waals surface area (Å²) < 4.78 is 0.847. The van der Waals surface area contributed by atoms with E-state index >= 15 is 0 Å². The number of carbonyl (C=O) groups is 1. The van der Waals surface area contributed by atoms with Crippen LogP contribution in [0.3, 0.4) is 0 Å². The molecule has 0 fully saturated rings. The molecule has 2 rings (SSSR count). The van der Waals surface area contributed by atoms with Crippen LogP contribution in [0.2, 0.25) is 0 Å². The van der Waals surface area contributed by atoms with Crippen molar-refractivity contribution in [1.29, 1.82) is 0 Å². The molecule has 0 aliphatic carbocycles. The Kier molecular flexibility index (Phi) is 4.40. The maximum absolute atomic E-state index is 11.9. The summed E-state index contributed by atoms with van der Waals surface area (Å²) in [5, 5.41) is 5.65. The van der Waals surface area contributed by atoms with Gasteiger partial charge in [0.15, 0.2) is 0 Å². The lowest BCUT2D eigenvalue weighted by atomic mass is 10.4. The minimum absolute atomic E-state index is 0.242. The minimum Gasteiger partial charge on any atom is -0.369 e. The number of nitrogens with zero attached hydrogens (tertiary/aromatic N) is 3. The van der Waals surface area contributed by atoms with Crippen LogP contribution < -0.4 is 10.6 Å². The minimum atomic E-state index is -0.342. The standard InChI is InChI=1S/C12H12BrN5O/c1-2-14-11-7-15-9(6-17-11)12(19)18-10-4-3-8(13)5-16-10/h3-7H,2H2,1H3,(H,14,17)(H,16,18,19). The summed E-state index contributed by atoms with van der Waals surface area (Å²) in [5.74, 6) is 0.761. The first-order chi connectivity index (χ1) is 9.19. The maximum Gasteiger partial charge on any atom is 0.277 e. The largest absolute Gasteiger partial charge is 0.369 e. The average Bonchev–Trinajstić information content (AvgIpc) is 2.42. The number of rotatable bonds is 4. The van der Waals surface area contributed by atoms with Crippen molar-refractivity contribution >= 4 is 33.5 Å². The molecular formula is C12H12BrN5O. The smallest absolute Gasteiger partial charge is 0.277 e. The van der Waals surface area contributed by atoms with E-state index in [1.54, 1.807) is 18.3 Å². The van der Waals surface area contributed by atoms with Gasteiger partial charge in [-0.1, -0.05) is 0 Å². The fourth-order valence-electron chi connectivity index (χ4n) is 1.35. The molecule has 0 saturated carbocycles. The average molecular weight is 322 g/mol. The first-order valence-electron chi connectivity index (χ1n) is 5.68. The van der Waals surface area contributed by atoms with Gasteiger partial charge in [0, 0.05) is 17.2 Å². The van der Waals surface area contributed by atoms with Crippen molar-refractivity contribution in [2.24, 2.45) is 0 Å². The number of amides is 1.